The molecule has 0 heterocycles. The molecule has 0 aromatic carbocycles. The lowest BCUT2D eigenvalue weighted by Crippen LogP contribution is -1.86. The molecule has 0 bridgehead atoms. The molecule has 1 nitrogen and oxygen atoms in total. The molecule has 0 spiro atoms. The van der Waals surface area contributed by atoms with Gasteiger partial charge in [-0.3, -0.25) is 4.79 Å². The highest BCUT2D eigenvalue weighted by Crippen LogP contribution is 2.09. The monoisotopic (exact) mass is 272 g/mol. The van der Waals surface area contributed by atoms with Gasteiger partial charge in [0.1, 0.15) is 0 Å². The Hall–Kier alpha value is -0.300. The maximum absolute atomic E-state index is 10.5. The van der Waals surface area contributed by atoms with Gasteiger partial charge in [-0.15, -0.1) is 0 Å². The van der Waals surface area contributed by atoms with Gasteiger partial charge in [-0.1, -0.05) is 57.6 Å². The van der Waals surface area contributed by atoms with Crippen molar-refractivity contribution in [1.82, 2.24) is 0 Å². The maximum atomic E-state index is 10.5. The van der Waals surface area contributed by atoms with Crippen LogP contribution in [-0.4, -0.2) is 5.24 Å². The van der Waals surface area contributed by atoms with Crippen LogP contribution in [0.1, 0.15) is 84.0 Å². The van der Waals surface area contributed by atoms with E-state index in [0.717, 1.165) is 12.8 Å². The SMILES string of the molecule is CCCCCC/C=C\CCCCCCCC(=O)Cl. The lowest BCUT2D eigenvalue weighted by Gasteiger charge is -1.98. The summed E-state index contributed by atoms with van der Waals surface area (Å²) >= 11 is 5.27. The Morgan fingerprint density at radius 3 is 1.89 bits per heavy atom. The zero-order valence-corrected chi connectivity index (χ0v) is 12.7. The van der Waals surface area contributed by atoms with Crippen molar-refractivity contribution in [2.24, 2.45) is 0 Å². The Morgan fingerprint density at radius 2 is 1.33 bits per heavy atom. The number of carbonyl (C=O) groups is 1. The van der Waals surface area contributed by atoms with Crippen LogP contribution < -0.4 is 0 Å². The smallest absolute Gasteiger partial charge is 0.221 e. The highest BCUT2D eigenvalue weighted by molar-refractivity contribution is 6.63. The third kappa shape index (κ3) is 15.7. The summed E-state index contributed by atoms with van der Waals surface area (Å²) in [7, 11) is 0. The van der Waals surface area contributed by atoms with Gasteiger partial charge in [-0.25, -0.2) is 0 Å². The highest BCUT2D eigenvalue weighted by atomic mass is 35.5. The third-order valence-corrected chi connectivity index (χ3v) is 3.32. The van der Waals surface area contributed by atoms with Gasteiger partial charge in [0, 0.05) is 6.42 Å². The van der Waals surface area contributed by atoms with Crippen molar-refractivity contribution in [3.63, 3.8) is 0 Å². The topological polar surface area (TPSA) is 17.1 Å². The van der Waals surface area contributed by atoms with Crippen molar-refractivity contribution in [3.8, 4) is 0 Å². The van der Waals surface area contributed by atoms with Crippen molar-refractivity contribution >= 4 is 16.8 Å². The average molecular weight is 273 g/mol. The molecule has 0 aliphatic rings. The summed E-state index contributed by atoms with van der Waals surface area (Å²) in [5.74, 6) is 0. The summed E-state index contributed by atoms with van der Waals surface area (Å²) in [5.41, 5.74) is 0. The van der Waals surface area contributed by atoms with Crippen LogP contribution in [-0.2, 0) is 4.79 Å². The molecule has 0 atom stereocenters. The van der Waals surface area contributed by atoms with E-state index in [0.29, 0.717) is 6.42 Å². The van der Waals surface area contributed by atoms with Gasteiger partial charge in [-0.05, 0) is 43.7 Å². The second kappa shape index (κ2) is 14.8. The van der Waals surface area contributed by atoms with Crippen LogP contribution in [0.15, 0.2) is 12.2 Å². The Labute approximate surface area is 118 Å². The van der Waals surface area contributed by atoms with E-state index in [1.54, 1.807) is 0 Å². The minimum atomic E-state index is -0.194. The van der Waals surface area contributed by atoms with E-state index in [9.17, 15) is 4.79 Å². The standard InChI is InChI=1S/C16H29ClO/c1-2-3-4-5-6-7-8-9-10-11-12-13-14-15-16(17)18/h7-8H,2-6,9-15H2,1H3/b8-7-. The second-order valence-corrected chi connectivity index (χ2v) is 5.40. The van der Waals surface area contributed by atoms with Crippen molar-refractivity contribution < 1.29 is 4.79 Å². The fourth-order valence-electron chi connectivity index (χ4n) is 1.98. The molecule has 18 heavy (non-hydrogen) atoms. The van der Waals surface area contributed by atoms with E-state index < -0.39 is 0 Å². The van der Waals surface area contributed by atoms with E-state index in [1.165, 1.54) is 57.8 Å². The fourth-order valence-corrected chi connectivity index (χ4v) is 2.11. The van der Waals surface area contributed by atoms with Gasteiger partial charge in [-0.2, -0.15) is 0 Å². The summed E-state index contributed by atoms with van der Waals surface area (Å²) in [6, 6.07) is 0. The number of halogens is 1. The predicted octanol–water partition coefficient (Wildman–Crippen LogP) is 6.01. The van der Waals surface area contributed by atoms with Gasteiger partial charge in [0.2, 0.25) is 5.24 Å². The van der Waals surface area contributed by atoms with Crippen molar-refractivity contribution in [1.29, 1.82) is 0 Å². The molecular weight excluding hydrogens is 244 g/mol. The van der Waals surface area contributed by atoms with E-state index in [1.807, 2.05) is 0 Å². The molecule has 106 valence electrons. The molecule has 0 aromatic rings. The lowest BCUT2D eigenvalue weighted by molar-refractivity contribution is -0.111. The Morgan fingerprint density at radius 1 is 0.833 bits per heavy atom. The molecule has 0 radical (unpaired) electrons. The molecule has 0 saturated carbocycles. The van der Waals surface area contributed by atoms with Crippen LogP contribution in [0.3, 0.4) is 0 Å². The molecule has 0 aliphatic heterocycles. The summed E-state index contributed by atoms with van der Waals surface area (Å²) in [6.45, 7) is 2.25. The predicted molar refractivity (Wildman–Crippen MR) is 81.1 cm³/mol. The molecule has 2 heteroatoms. The summed E-state index contributed by atoms with van der Waals surface area (Å²) in [5, 5.41) is -0.194. The van der Waals surface area contributed by atoms with E-state index >= 15 is 0 Å². The summed E-state index contributed by atoms with van der Waals surface area (Å²) in [6.07, 6.45) is 18.9. The van der Waals surface area contributed by atoms with Crippen LogP contribution in [0.5, 0.6) is 0 Å². The lowest BCUT2D eigenvalue weighted by atomic mass is 10.1. The van der Waals surface area contributed by atoms with Gasteiger partial charge in [0.15, 0.2) is 0 Å². The van der Waals surface area contributed by atoms with Gasteiger partial charge in [0.05, 0.1) is 0 Å². The quantitative estimate of drug-likeness (QED) is 0.228. The minimum absolute atomic E-state index is 0.194. The number of rotatable bonds is 13. The first-order chi connectivity index (χ1) is 8.77. The van der Waals surface area contributed by atoms with Gasteiger partial charge < -0.3 is 0 Å². The van der Waals surface area contributed by atoms with Crippen LogP contribution in [0.25, 0.3) is 0 Å². The molecule has 0 fully saturated rings. The van der Waals surface area contributed by atoms with Crippen LogP contribution in [0.2, 0.25) is 0 Å². The van der Waals surface area contributed by atoms with Crippen molar-refractivity contribution in [2.75, 3.05) is 0 Å². The number of hydrogen-bond donors (Lipinski definition) is 0. The van der Waals surface area contributed by atoms with Crippen LogP contribution >= 0.6 is 11.6 Å². The Balaban J connectivity index is 3.06. The average Bonchev–Trinajstić information content (AvgIpc) is 2.34. The molecule has 0 rings (SSSR count). The molecule has 0 unspecified atom stereocenters. The minimum Gasteiger partial charge on any atom is -0.281 e. The molecule has 0 saturated heterocycles. The first kappa shape index (κ1) is 17.7. The summed E-state index contributed by atoms with van der Waals surface area (Å²) < 4.78 is 0. The fraction of sp³-hybridized carbons (Fsp3) is 0.812. The van der Waals surface area contributed by atoms with Crippen molar-refractivity contribution in [2.45, 2.75) is 84.0 Å². The third-order valence-electron chi connectivity index (χ3n) is 3.14. The number of allylic oxidation sites excluding steroid dienone is 2. The number of hydrogen-bond acceptors (Lipinski definition) is 1. The first-order valence-electron chi connectivity index (χ1n) is 7.60. The number of carbonyl (C=O) groups excluding carboxylic acids is 1. The second-order valence-electron chi connectivity index (χ2n) is 4.98. The van der Waals surface area contributed by atoms with Gasteiger partial charge in [0.25, 0.3) is 0 Å². The van der Waals surface area contributed by atoms with Crippen LogP contribution in [0.4, 0.5) is 0 Å². The van der Waals surface area contributed by atoms with Crippen LogP contribution in [0, 0.1) is 0 Å². The molecule has 0 N–H and O–H groups in total. The molecule has 0 amide bonds. The molecular formula is C16H29ClO. The Bertz CT molecular complexity index is 211. The summed E-state index contributed by atoms with van der Waals surface area (Å²) in [4.78, 5) is 10.5. The van der Waals surface area contributed by atoms with E-state index in [2.05, 4.69) is 19.1 Å². The zero-order chi connectivity index (χ0) is 13.5. The zero-order valence-electron chi connectivity index (χ0n) is 11.9. The number of unbranched alkanes of at least 4 members (excludes halogenated alkanes) is 9. The van der Waals surface area contributed by atoms with E-state index in [4.69, 9.17) is 11.6 Å². The van der Waals surface area contributed by atoms with Crippen molar-refractivity contribution in [3.05, 3.63) is 12.2 Å². The Kier molecular flexibility index (Phi) is 14.5. The largest absolute Gasteiger partial charge is 0.281 e. The molecule has 0 aliphatic carbocycles. The first-order valence-corrected chi connectivity index (χ1v) is 7.98. The van der Waals surface area contributed by atoms with E-state index in [-0.39, 0.29) is 5.24 Å². The van der Waals surface area contributed by atoms with Gasteiger partial charge >= 0.3 is 0 Å². The maximum Gasteiger partial charge on any atom is 0.221 e. The molecule has 0 aromatic heterocycles. The normalized spacial score (nSPS) is 11.2. The highest BCUT2D eigenvalue weighted by Gasteiger charge is 1.95.